The number of rotatable bonds is 7. The molecule has 0 unspecified atom stereocenters. The Balaban J connectivity index is 1.47. The van der Waals surface area contributed by atoms with Gasteiger partial charge in [-0.15, -0.1) is 0 Å². The molecule has 0 saturated heterocycles. The molecule has 0 saturated carbocycles. The Hall–Kier alpha value is -3.86. The van der Waals surface area contributed by atoms with Crippen LogP contribution in [0.5, 0.6) is 11.5 Å². The highest BCUT2D eigenvalue weighted by Crippen LogP contribution is 2.32. The number of Topliss-reactive ketones (excluding diaryl/α,β-unsaturated/α-hetero) is 1. The van der Waals surface area contributed by atoms with Crippen molar-refractivity contribution in [1.82, 2.24) is 0 Å². The lowest BCUT2D eigenvalue weighted by molar-refractivity contribution is -0.118. The smallest absolute Gasteiger partial charge is 0.262 e. The van der Waals surface area contributed by atoms with Crippen LogP contribution >= 0.6 is 0 Å². The third-order valence-electron chi connectivity index (χ3n) is 4.96. The molecule has 0 heterocycles. The van der Waals surface area contributed by atoms with E-state index in [1.807, 2.05) is 79.7 Å². The predicted molar refractivity (Wildman–Crippen MR) is 121 cm³/mol. The fraction of sp³-hybridized carbons (Fsp3) is 0.154. The SMILES string of the molecule is CCOc1cc(/C=C2/Cc3ccccc3C2=O)ccc1OCC(=O)Nc1ccccc1. The summed E-state index contributed by atoms with van der Waals surface area (Å²) in [7, 11) is 0. The summed E-state index contributed by atoms with van der Waals surface area (Å²) >= 11 is 0. The van der Waals surface area contributed by atoms with Crippen molar-refractivity contribution in [3.8, 4) is 11.5 Å². The molecule has 3 aromatic carbocycles. The maximum Gasteiger partial charge on any atom is 0.262 e. The monoisotopic (exact) mass is 413 g/mol. The first-order chi connectivity index (χ1) is 15.1. The number of anilines is 1. The quantitative estimate of drug-likeness (QED) is 0.558. The lowest BCUT2D eigenvalue weighted by Gasteiger charge is -2.13. The van der Waals surface area contributed by atoms with Gasteiger partial charge in [0.15, 0.2) is 23.9 Å². The molecule has 0 bridgehead atoms. The Morgan fingerprint density at radius 3 is 2.52 bits per heavy atom. The molecule has 0 fully saturated rings. The molecule has 4 rings (SSSR count). The van der Waals surface area contributed by atoms with Crippen molar-refractivity contribution < 1.29 is 19.1 Å². The average molecular weight is 413 g/mol. The minimum Gasteiger partial charge on any atom is -0.490 e. The van der Waals surface area contributed by atoms with Crippen molar-refractivity contribution in [2.45, 2.75) is 13.3 Å². The van der Waals surface area contributed by atoms with Gasteiger partial charge < -0.3 is 14.8 Å². The first-order valence-electron chi connectivity index (χ1n) is 10.2. The molecule has 5 heteroatoms. The third-order valence-corrected chi connectivity index (χ3v) is 4.96. The number of fused-ring (bicyclic) bond motifs is 1. The second-order valence-corrected chi connectivity index (χ2v) is 7.17. The molecular formula is C26H23NO4. The second kappa shape index (κ2) is 9.30. The topological polar surface area (TPSA) is 64.6 Å². The van der Waals surface area contributed by atoms with Crippen LogP contribution in [0.2, 0.25) is 0 Å². The molecule has 3 aromatic rings. The Labute approximate surface area is 181 Å². The number of ether oxygens (including phenoxy) is 2. The van der Waals surface area contributed by atoms with Crippen molar-refractivity contribution in [2.24, 2.45) is 0 Å². The fourth-order valence-electron chi connectivity index (χ4n) is 3.54. The standard InChI is InChI=1S/C26H23NO4/c1-2-30-24-15-18(14-20-16-19-8-6-7-11-22(19)26(20)29)12-13-23(24)31-17-25(28)27-21-9-4-3-5-10-21/h3-15H,2,16-17H2,1H3,(H,27,28)/b20-14-. The van der Waals surface area contributed by atoms with Gasteiger partial charge in [-0.05, 0) is 48.4 Å². The first-order valence-corrected chi connectivity index (χ1v) is 10.2. The van der Waals surface area contributed by atoms with E-state index in [1.165, 1.54) is 0 Å². The molecule has 0 aromatic heterocycles. The number of nitrogens with one attached hydrogen (secondary N) is 1. The summed E-state index contributed by atoms with van der Waals surface area (Å²) in [5.74, 6) is 0.821. The van der Waals surface area contributed by atoms with Gasteiger partial charge in [-0.3, -0.25) is 9.59 Å². The molecule has 1 aliphatic carbocycles. The first kappa shape index (κ1) is 20.4. The van der Waals surface area contributed by atoms with Crippen LogP contribution in [0.1, 0.15) is 28.4 Å². The number of ketones is 1. The average Bonchev–Trinajstić information content (AvgIpc) is 3.09. The summed E-state index contributed by atoms with van der Waals surface area (Å²) in [4.78, 5) is 24.8. The van der Waals surface area contributed by atoms with Crippen LogP contribution in [0.15, 0.2) is 78.4 Å². The lowest BCUT2D eigenvalue weighted by atomic mass is 10.1. The molecular weight excluding hydrogens is 390 g/mol. The normalized spacial score (nSPS) is 13.7. The molecule has 0 atom stereocenters. The van der Waals surface area contributed by atoms with Crippen molar-refractivity contribution in [3.63, 3.8) is 0 Å². The molecule has 1 N–H and O–H groups in total. The van der Waals surface area contributed by atoms with Crippen molar-refractivity contribution >= 4 is 23.5 Å². The van der Waals surface area contributed by atoms with Gasteiger partial charge in [0.1, 0.15) is 0 Å². The van der Waals surface area contributed by atoms with Crippen LogP contribution in [-0.2, 0) is 11.2 Å². The predicted octanol–water partition coefficient (Wildman–Crippen LogP) is 4.93. The fourth-order valence-corrected chi connectivity index (χ4v) is 3.54. The van der Waals surface area contributed by atoms with E-state index in [0.717, 1.165) is 22.3 Å². The zero-order valence-electron chi connectivity index (χ0n) is 17.3. The van der Waals surface area contributed by atoms with E-state index in [4.69, 9.17) is 9.47 Å². The highest BCUT2D eigenvalue weighted by molar-refractivity contribution is 6.15. The van der Waals surface area contributed by atoms with E-state index >= 15 is 0 Å². The van der Waals surface area contributed by atoms with E-state index in [9.17, 15) is 9.59 Å². The molecule has 1 amide bonds. The zero-order chi connectivity index (χ0) is 21.6. The molecule has 0 aliphatic heterocycles. The Morgan fingerprint density at radius 2 is 1.74 bits per heavy atom. The summed E-state index contributed by atoms with van der Waals surface area (Å²) in [6, 6.07) is 22.3. The van der Waals surface area contributed by atoms with E-state index in [0.29, 0.717) is 30.2 Å². The number of amides is 1. The summed E-state index contributed by atoms with van der Waals surface area (Å²) in [6.45, 7) is 2.20. The summed E-state index contributed by atoms with van der Waals surface area (Å²) in [5.41, 5.74) is 4.13. The number of para-hydroxylation sites is 1. The summed E-state index contributed by atoms with van der Waals surface area (Å²) in [5, 5.41) is 2.79. The molecule has 31 heavy (non-hydrogen) atoms. The molecule has 5 nitrogen and oxygen atoms in total. The number of benzene rings is 3. The summed E-state index contributed by atoms with van der Waals surface area (Å²) in [6.07, 6.45) is 2.51. The van der Waals surface area contributed by atoms with Crippen LogP contribution in [0.25, 0.3) is 6.08 Å². The van der Waals surface area contributed by atoms with Crippen LogP contribution in [0.3, 0.4) is 0 Å². The Kier molecular flexibility index (Phi) is 6.13. The van der Waals surface area contributed by atoms with Gasteiger partial charge in [-0.2, -0.15) is 0 Å². The van der Waals surface area contributed by atoms with Gasteiger partial charge >= 0.3 is 0 Å². The van der Waals surface area contributed by atoms with Gasteiger partial charge in [-0.25, -0.2) is 0 Å². The third kappa shape index (κ3) is 4.83. The molecule has 0 spiro atoms. The maximum atomic E-state index is 12.6. The van der Waals surface area contributed by atoms with Crippen molar-refractivity contribution in [1.29, 1.82) is 0 Å². The van der Waals surface area contributed by atoms with Gasteiger partial charge in [0.2, 0.25) is 0 Å². The van der Waals surface area contributed by atoms with Gasteiger partial charge in [0.25, 0.3) is 5.91 Å². The Morgan fingerprint density at radius 1 is 0.968 bits per heavy atom. The Bertz CT molecular complexity index is 1140. The van der Waals surface area contributed by atoms with Crippen LogP contribution in [0.4, 0.5) is 5.69 Å². The number of hydrogen-bond acceptors (Lipinski definition) is 4. The number of hydrogen-bond donors (Lipinski definition) is 1. The minimum absolute atomic E-state index is 0.0615. The zero-order valence-corrected chi connectivity index (χ0v) is 17.3. The highest BCUT2D eigenvalue weighted by Gasteiger charge is 2.24. The van der Waals surface area contributed by atoms with Gasteiger partial charge in [0.05, 0.1) is 6.61 Å². The van der Waals surface area contributed by atoms with Crippen molar-refractivity contribution in [2.75, 3.05) is 18.5 Å². The van der Waals surface area contributed by atoms with E-state index in [-0.39, 0.29) is 18.3 Å². The van der Waals surface area contributed by atoms with Crippen LogP contribution < -0.4 is 14.8 Å². The lowest BCUT2D eigenvalue weighted by Crippen LogP contribution is -2.20. The largest absolute Gasteiger partial charge is 0.490 e. The van der Waals surface area contributed by atoms with Crippen LogP contribution in [-0.4, -0.2) is 24.9 Å². The van der Waals surface area contributed by atoms with Crippen LogP contribution in [0, 0.1) is 0 Å². The highest BCUT2D eigenvalue weighted by atomic mass is 16.5. The van der Waals surface area contributed by atoms with E-state index < -0.39 is 0 Å². The van der Waals surface area contributed by atoms with Crippen molar-refractivity contribution in [3.05, 3.63) is 95.1 Å². The van der Waals surface area contributed by atoms with E-state index in [2.05, 4.69) is 5.32 Å². The minimum atomic E-state index is -0.255. The van der Waals surface area contributed by atoms with Gasteiger partial charge in [0, 0.05) is 23.2 Å². The summed E-state index contributed by atoms with van der Waals surface area (Å²) < 4.78 is 11.4. The van der Waals surface area contributed by atoms with E-state index in [1.54, 1.807) is 6.07 Å². The molecule has 156 valence electrons. The second-order valence-electron chi connectivity index (χ2n) is 7.17. The van der Waals surface area contributed by atoms with Gasteiger partial charge in [-0.1, -0.05) is 48.5 Å². The molecule has 1 aliphatic rings. The molecule has 0 radical (unpaired) electrons. The number of carbonyl (C=O) groups is 2. The number of carbonyl (C=O) groups excluding carboxylic acids is 2. The maximum absolute atomic E-state index is 12.6. The number of allylic oxidation sites excluding steroid dienone is 1.